The van der Waals surface area contributed by atoms with Crippen molar-refractivity contribution in [3.05, 3.63) is 0 Å². The van der Waals surface area contributed by atoms with Crippen molar-refractivity contribution in [1.29, 1.82) is 0 Å². The lowest BCUT2D eigenvalue weighted by Crippen LogP contribution is -2.48. The van der Waals surface area contributed by atoms with E-state index in [1.807, 2.05) is 4.90 Å². The molecule has 0 radical (unpaired) electrons. The summed E-state index contributed by atoms with van der Waals surface area (Å²) in [7, 11) is 0. The van der Waals surface area contributed by atoms with Crippen LogP contribution in [0.25, 0.3) is 0 Å². The molecule has 0 bridgehead atoms. The van der Waals surface area contributed by atoms with Crippen LogP contribution < -0.4 is 5.32 Å². The molecule has 0 atom stereocenters. The summed E-state index contributed by atoms with van der Waals surface area (Å²) in [6, 6.07) is 0. The fourth-order valence-corrected chi connectivity index (χ4v) is 2.02. The minimum absolute atomic E-state index is 0.212. The number of carbonyl (C=O) groups is 1. The van der Waals surface area contributed by atoms with Gasteiger partial charge in [-0.3, -0.25) is 9.69 Å². The van der Waals surface area contributed by atoms with Crippen molar-refractivity contribution in [2.75, 3.05) is 45.8 Å². The summed E-state index contributed by atoms with van der Waals surface area (Å²) in [5.74, 6) is 0.212. The number of hydrogen-bond acceptors (Lipinski definition) is 3. The Labute approximate surface area is 99.0 Å². The molecule has 0 aromatic heterocycles. The third-order valence-electron chi connectivity index (χ3n) is 3.07. The van der Waals surface area contributed by atoms with Crippen LogP contribution in [0.15, 0.2) is 0 Å². The van der Waals surface area contributed by atoms with Crippen LogP contribution in [0.3, 0.4) is 0 Å². The molecule has 1 fully saturated rings. The minimum atomic E-state index is 0.212. The monoisotopic (exact) mass is 227 g/mol. The van der Waals surface area contributed by atoms with Gasteiger partial charge in [-0.1, -0.05) is 6.92 Å². The summed E-state index contributed by atoms with van der Waals surface area (Å²) in [5, 5.41) is 3.41. The van der Waals surface area contributed by atoms with Crippen molar-refractivity contribution in [2.45, 2.75) is 26.7 Å². The summed E-state index contributed by atoms with van der Waals surface area (Å²) in [5.41, 5.74) is 0. The average molecular weight is 227 g/mol. The van der Waals surface area contributed by atoms with E-state index in [0.717, 1.165) is 45.8 Å². The van der Waals surface area contributed by atoms with E-state index in [4.69, 9.17) is 0 Å². The molecule has 1 aliphatic heterocycles. The van der Waals surface area contributed by atoms with Gasteiger partial charge in [0, 0.05) is 33.1 Å². The van der Waals surface area contributed by atoms with Crippen LogP contribution in [0, 0.1) is 0 Å². The Bertz CT molecular complexity index is 200. The highest BCUT2D eigenvalue weighted by atomic mass is 16.2. The maximum absolute atomic E-state index is 11.1. The quantitative estimate of drug-likeness (QED) is 0.673. The lowest BCUT2D eigenvalue weighted by Gasteiger charge is -2.34. The maximum atomic E-state index is 11.1. The van der Waals surface area contributed by atoms with Gasteiger partial charge in [-0.25, -0.2) is 0 Å². The summed E-state index contributed by atoms with van der Waals surface area (Å²) in [6.07, 6.45) is 2.41. The highest BCUT2D eigenvalue weighted by Gasteiger charge is 2.17. The molecule has 1 N–H and O–H groups in total. The van der Waals surface area contributed by atoms with Gasteiger partial charge in [0.1, 0.15) is 0 Å². The first-order chi connectivity index (χ1) is 7.74. The Morgan fingerprint density at radius 2 is 1.88 bits per heavy atom. The third kappa shape index (κ3) is 4.94. The van der Waals surface area contributed by atoms with Crippen molar-refractivity contribution in [1.82, 2.24) is 15.1 Å². The molecule has 4 nitrogen and oxygen atoms in total. The lowest BCUT2D eigenvalue weighted by molar-refractivity contribution is -0.130. The van der Waals surface area contributed by atoms with E-state index < -0.39 is 0 Å². The van der Waals surface area contributed by atoms with Gasteiger partial charge in [-0.15, -0.1) is 0 Å². The molecular weight excluding hydrogens is 202 g/mol. The molecular formula is C12H25N3O. The fraction of sp³-hybridized carbons (Fsp3) is 0.917. The van der Waals surface area contributed by atoms with Gasteiger partial charge in [0.05, 0.1) is 0 Å². The molecule has 1 heterocycles. The number of hydrogen-bond donors (Lipinski definition) is 1. The first kappa shape index (κ1) is 13.5. The standard InChI is InChI=1S/C12H25N3O/c1-3-5-13-6-4-7-14-8-10-15(11-9-14)12(2)16/h13H,3-11H2,1-2H3. The van der Waals surface area contributed by atoms with Gasteiger partial charge in [-0.05, 0) is 32.5 Å². The number of piperazine rings is 1. The third-order valence-corrected chi connectivity index (χ3v) is 3.07. The molecule has 0 aliphatic carbocycles. The molecule has 4 heteroatoms. The first-order valence-electron chi connectivity index (χ1n) is 6.42. The van der Waals surface area contributed by atoms with Gasteiger partial charge >= 0.3 is 0 Å². The van der Waals surface area contributed by atoms with E-state index in [2.05, 4.69) is 17.1 Å². The molecule has 0 aromatic carbocycles. The molecule has 0 unspecified atom stereocenters. The zero-order chi connectivity index (χ0) is 11.8. The number of nitrogens with zero attached hydrogens (tertiary/aromatic N) is 2. The highest BCUT2D eigenvalue weighted by Crippen LogP contribution is 2.02. The van der Waals surface area contributed by atoms with Crippen LogP contribution in [0.5, 0.6) is 0 Å². The summed E-state index contributed by atoms with van der Waals surface area (Å²) >= 11 is 0. The molecule has 0 aromatic rings. The second kappa shape index (κ2) is 7.63. The molecule has 94 valence electrons. The van der Waals surface area contributed by atoms with E-state index in [1.165, 1.54) is 12.8 Å². The summed E-state index contributed by atoms with van der Waals surface area (Å²) in [4.78, 5) is 15.5. The number of amides is 1. The number of carbonyl (C=O) groups excluding carboxylic acids is 1. The lowest BCUT2D eigenvalue weighted by atomic mass is 10.3. The van der Waals surface area contributed by atoms with Crippen LogP contribution in [0.1, 0.15) is 26.7 Å². The summed E-state index contributed by atoms with van der Waals surface area (Å²) in [6.45, 7) is 11.1. The Hall–Kier alpha value is -0.610. The Kier molecular flexibility index (Phi) is 6.42. The summed E-state index contributed by atoms with van der Waals surface area (Å²) < 4.78 is 0. The predicted octanol–water partition coefficient (Wildman–Crippen LogP) is 0.540. The zero-order valence-corrected chi connectivity index (χ0v) is 10.7. The van der Waals surface area contributed by atoms with Gasteiger partial charge in [0.2, 0.25) is 5.91 Å². The smallest absolute Gasteiger partial charge is 0.219 e. The Morgan fingerprint density at radius 3 is 2.44 bits per heavy atom. The van der Waals surface area contributed by atoms with Crippen molar-refractivity contribution in [3.8, 4) is 0 Å². The number of nitrogens with one attached hydrogen (secondary N) is 1. The van der Waals surface area contributed by atoms with E-state index in [0.29, 0.717) is 0 Å². The van der Waals surface area contributed by atoms with E-state index >= 15 is 0 Å². The molecule has 0 saturated carbocycles. The van der Waals surface area contributed by atoms with Crippen molar-refractivity contribution < 1.29 is 4.79 Å². The number of rotatable bonds is 6. The van der Waals surface area contributed by atoms with E-state index in [-0.39, 0.29) is 5.91 Å². The van der Waals surface area contributed by atoms with Crippen LogP contribution in [0.2, 0.25) is 0 Å². The Morgan fingerprint density at radius 1 is 1.19 bits per heavy atom. The van der Waals surface area contributed by atoms with Gasteiger partial charge in [0.25, 0.3) is 0 Å². The molecule has 16 heavy (non-hydrogen) atoms. The van der Waals surface area contributed by atoms with Crippen LogP contribution in [-0.2, 0) is 4.79 Å². The molecule has 0 spiro atoms. The molecule has 1 amide bonds. The van der Waals surface area contributed by atoms with Crippen molar-refractivity contribution in [2.24, 2.45) is 0 Å². The molecule has 1 rings (SSSR count). The second-order valence-corrected chi connectivity index (χ2v) is 4.45. The Balaban J connectivity index is 2.02. The maximum Gasteiger partial charge on any atom is 0.219 e. The van der Waals surface area contributed by atoms with Crippen molar-refractivity contribution >= 4 is 5.91 Å². The van der Waals surface area contributed by atoms with Gasteiger partial charge in [-0.2, -0.15) is 0 Å². The zero-order valence-electron chi connectivity index (χ0n) is 10.7. The predicted molar refractivity (Wildman–Crippen MR) is 66.5 cm³/mol. The first-order valence-corrected chi connectivity index (χ1v) is 6.42. The molecule has 1 saturated heterocycles. The highest BCUT2D eigenvalue weighted by molar-refractivity contribution is 5.73. The minimum Gasteiger partial charge on any atom is -0.340 e. The van der Waals surface area contributed by atoms with E-state index in [9.17, 15) is 4.79 Å². The van der Waals surface area contributed by atoms with Crippen LogP contribution >= 0.6 is 0 Å². The van der Waals surface area contributed by atoms with Gasteiger partial charge in [0.15, 0.2) is 0 Å². The second-order valence-electron chi connectivity index (χ2n) is 4.45. The fourth-order valence-electron chi connectivity index (χ4n) is 2.02. The largest absolute Gasteiger partial charge is 0.340 e. The molecule has 1 aliphatic rings. The average Bonchev–Trinajstić information content (AvgIpc) is 2.29. The topological polar surface area (TPSA) is 35.6 Å². The van der Waals surface area contributed by atoms with Crippen molar-refractivity contribution in [3.63, 3.8) is 0 Å². The van der Waals surface area contributed by atoms with E-state index in [1.54, 1.807) is 6.92 Å². The van der Waals surface area contributed by atoms with Crippen LogP contribution in [0.4, 0.5) is 0 Å². The van der Waals surface area contributed by atoms with Crippen LogP contribution in [-0.4, -0.2) is 61.5 Å². The normalized spacial score (nSPS) is 17.8. The van der Waals surface area contributed by atoms with Gasteiger partial charge < -0.3 is 10.2 Å². The SMILES string of the molecule is CCCNCCCN1CCN(C(C)=O)CC1.